The smallest absolute Gasteiger partial charge is 0.162 e. The highest BCUT2D eigenvalue weighted by Crippen LogP contribution is 2.37. The molecule has 0 spiro atoms. The number of imidazole rings is 1. The summed E-state index contributed by atoms with van der Waals surface area (Å²) < 4.78 is 7.89. The second-order valence-corrected chi connectivity index (χ2v) is 7.46. The van der Waals surface area contributed by atoms with Gasteiger partial charge in [-0.15, -0.1) is 12.4 Å². The first-order valence-corrected chi connectivity index (χ1v) is 10.0. The molecule has 1 fully saturated rings. The van der Waals surface area contributed by atoms with Gasteiger partial charge in [-0.25, -0.2) is 4.98 Å². The molecule has 0 amide bonds. The van der Waals surface area contributed by atoms with Gasteiger partial charge in [0.05, 0.1) is 17.6 Å². The number of nitrogens with zero attached hydrogens (tertiary/aromatic N) is 2. The standard InChI is InChI=1S/C23H26N2O3.ClH/c1-2-22(27)16-10-12-19(13-11-16)28-15-18(26)14-25-21-9-4-3-8-20(21)24-23(25)17-6-5-7-17;/h3-4,8-13,17-18,26H,2,5-7,14-15H2,1H3;1H. The van der Waals surface area contributed by atoms with Gasteiger partial charge >= 0.3 is 0 Å². The lowest BCUT2D eigenvalue weighted by molar-refractivity contribution is 0.0918. The van der Waals surface area contributed by atoms with Gasteiger partial charge in [0.1, 0.15) is 24.3 Å². The molecule has 4 rings (SSSR count). The number of ether oxygens (including phenoxy) is 1. The molecule has 0 bridgehead atoms. The van der Waals surface area contributed by atoms with Gasteiger partial charge in [-0.05, 0) is 49.2 Å². The van der Waals surface area contributed by atoms with Crippen molar-refractivity contribution in [3.8, 4) is 5.75 Å². The van der Waals surface area contributed by atoms with E-state index in [0.717, 1.165) is 16.9 Å². The van der Waals surface area contributed by atoms with E-state index in [1.165, 1.54) is 19.3 Å². The van der Waals surface area contributed by atoms with E-state index in [1.54, 1.807) is 24.3 Å². The average Bonchev–Trinajstić information content (AvgIpc) is 3.03. The third-order valence-corrected chi connectivity index (χ3v) is 5.49. The minimum absolute atomic E-state index is 0. The maximum absolute atomic E-state index is 11.7. The fraction of sp³-hybridized carbons (Fsp3) is 0.391. The molecule has 5 nitrogen and oxygen atoms in total. The number of hydrogen-bond acceptors (Lipinski definition) is 4. The van der Waals surface area contributed by atoms with Crippen molar-refractivity contribution in [3.05, 3.63) is 59.9 Å². The van der Waals surface area contributed by atoms with Gasteiger partial charge in [0.2, 0.25) is 0 Å². The van der Waals surface area contributed by atoms with Crippen LogP contribution < -0.4 is 4.74 Å². The third-order valence-electron chi connectivity index (χ3n) is 5.49. The molecule has 29 heavy (non-hydrogen) atoms. The van der Waals surface area contributed by atoms with Crippen LogP contribution in [0.4, 0.5) is 0 Å². The first kappa shape index (κ1) is 21.3. The second kappa shape index (κ2) is 9.42. The van der Waals surface area contributed by atoms with E-state index >= 15 is 0 Å². The summed E-state index contributed by atoms with van der Waals surface area (Å²) in [7, 11) is 0. The highest BCUT2D eigenvalue weighted by Gasteiger charge is 2.26. The number of carbonyl (C=O) groups excluding carboxylic acids is 1. The molecule has 3 aromatic rings. The third kappa shape index (κ3) is 4.62. The quantitative estimate of drug-likeness (QED) is 0.540. The van der Waals surface area contributed by atoms with Gasteiger partial charge in [-0.2, -0.15) is 0 Å². The Balaban J connectivity index is 0.00000240. The van der Waals surface area contributed by atoms with Crippen LogP contribution in [0.15, 0.2) is 48.5 Å². The lowest BCUT2D eigenvalue weighted by Crippen LogP contribution is -2.26. The molecule has 1 N–H and O–H groups in total. The van der Waals surface area contributed by atoms with Crippen LogP contribution in [0, 0.1) is 0 Å². The van der Waals surface area contributed by atoms with Crippen LogP contribution in [-0.4, -0.2) is 33.2 Å². The van der Waals surface area contributed by atoms with Crippen LogP contribution in [-0.2, 0) is 6.54 Å². The van der Waals surface area contributed by atoms with E-state index in [1.807, 2.05) is 25.1 Å². The maximum atomic E-state index is 11.7. The number of carbonyl (C=O) groups is 1. The summed E-state index contributed by atoms with van der Waals surface area (Å²) in [5, 5.41) is 10.6. The predicted molar refractivity (Wildman–Crippen MR) is 116 cm³/mol. The topological polar surface area (TPSA) is 64.3 Å². The number of aliphatic hydroxyl groups is 1. The summed E-state index contributed by atoms with van der Waals surface area (Å²) in [4.78, 5) is 16.5. The number of Topliss-reactive ketones (excluding diaryl/α,β-unsaturated/α-hetero) is 1. The maximum Gasteiger partial charge on any atom is 0.162 e. The van der Waals surface area contributed by atoms with E-state index in [9.17, 15) is 9.90 Å². The number of fused-ring (bicyclic) bond motifs is 1. The highest BCUT2D eigenvalue weighted by molar-refractivity contribution is 5.95. The normalized spacial score (nSPS) is 14.8. The fourth-order valence-corrected chi connectivity index (χ4v) is 3.66. The summed E-state index contributed by atoms with van der Waals surface area (Å²) in [6, 6.07) is 15.2. The Bertz CT molecular complexity index is 964. The van der Waals surface area contributed by atoms with Crippen LogP contribution in [0.2, 0.25) is 0 Å². The highest BCUT2D eigenvalue weighted by atomic mass is 35.5. The number of rotatable bonds is 8. The summed E-state index contributed by atoms with van der Waals surface area (Å²) in [5.74, 6) is 2.33. The van der Waals surface area contributed by atoms with E-state index in [2.05, 4.69) is 10.6 Å². The monoisotopic (exact) mass is 414 g/mol. The van der Waals surface area contributed by atoms with Crippen molar-refractivity contribution < 1.29 is 14.6 Å². The molecule has 1 heterocycles. The zero-order valence-corrected chi connectivity index (χ0v) is 17.4. The number of halogens is 1. The molecule has 1 unspecified atom stereocenters. The van der Waals surface area contributed by atoms with Crippen molar-refractivity contribution in [3.63, 3.8) is 0 Å². The summed E-state index contributed by atoms with van der Waals surface area (Å²) in [6.45, 7) is 2.50. The summed E-state index contributed by atoms with van der Waals surface area (Å²) in [6.07, 6.45) is 3.42. The van der Waals surface area contributed by atoms with Crippen molar-refractivity contribution in [2.24, 2.45) is 0 Å². The first-order chi connectivity index (χ1) is 13.7. The number of aromatic nitrogens is 2. The van der Waals surface area contributed by atoms with Crippen molar-refractivity contribution in [2.45, 2.75) is 51.2 Å². The fourth-order valence-electron chi connectivity index (χ4n) is 3.66. The molecule has 154 valence electrons. The van der Waals surface area contributed by atoms with Crippen LogP contribution in [0.3, 0.4) is 0 Å². The van der Waals surface area contributed by atoms with Crippen molar-refractivity contribution >= 4 is 29.2 Å². The Hall–Kier alpha value is -2.37. The SMILES string of the molecule is CCC(=O)c1ccc(OCC(O)Cn2c(C3CCC3)nc3ccccc32)cc1.Cl. The molecular formula is C23H27ClN2O3. The molecule has 0 aliphatic heterocycles. The Kier molecular flexibility index (Phi) is 6.93. The first-order valence-electron chi connectivity index (χ1n) is 10.0. The molecule has 1 atom stereocenters. The molecule has 1 aliphatic carbocycles. The molecule has 0 radical (unpaired) electrons. The molecule has 2 aromatic carbocycles. The Labute approximate surface area is 177 Å². The van der Waals surface area contributed by atoms with Gasteiger partial charge < -0.3 is 14.4 Å². The minimum atomic E-state index is -0.645. The van der Waals surface area contributed by atoms with Crippen LogP contribution in [0.1, 0.15) is 54.7 Å². The molecule has 1 aromatic heterocycles. The molecule has 0 saturated heterocycles. The van der Waals surface area contributed by atoms with Crippen molar-refractivity contribution in [1.29, 1.82) is 0 Å². The van der Waals surface area contributed by atoms with Crippen molar-refractivity contribution in [1.82, 2.24) is 9.55 Å². The van der Waals surface area contributed by atoms with Crippen LogP contribution in [0.25, 0.3) is 11.0 Å². The Morgan fingerprint density at radius 1 is 1.21 bits per heavy atom. The number of benzene rings is 2. The Morgan fingerprint density at radius 2 is 1.93 bits per heavy atom. The van der Waals surface area contributed by atoms with Crippen LogP contribution in [0.5, 0.6) is 5.75 Å². The lowest BCUT2D eigenvalue weighted by Gasteiger charge is -2.26. The van der Waals surface area contributed by atoms with Gasteiger partial charge in [-0.1, -0.05) is 25.5 Å². The van der Waals surface area contributed by atoms with Gasteiger partial charge in [-0.3, -0.25) is 4.79 Å². The lowest BCUT2D eigenvalue weighted by atomic mass is 9.85. The average molecular weight is 415 g/mol. The van der Waals surface area contributed by atoms with Gasteiger partial charge in [0.15, 0.2) is 5.78 Å². The van der Waals surface area contributed by atoms with Gasteiger partial charge in [0, 0.05) is 17.9 Å². The summed E-state index contributed by atoms with van der Waals surface area (Å²) >= 11 is 0. The molecule has 1 saturated carbocycles. The summed E-state index contributed by atoms with van der Waals surface area (Å²) in [5.41, 5.74) is 2.73. The number of ketones is 1. The largest absolute Gasteiger partial charge is 0.491 e. The van der Waals surface area contributed by atoms with Gasteiger partial charge in [0.25, 0.3) is 0 Å². The van der Waals surface area contributed by atoms with E-state index in [-0.39, 0.29) is 24.8 Å². The molecule has 6 heteroatoms. The number of hydrogen-bond donors (Lipinski definition) is 1. The van der Waals surface area contributed by atoms with Crippen LogP contribution >= 0.6 is 12.4 Å². The zero-order valence-electron chi connectivity index (χ0n) is 16.6. The molecular weight excluding hydrogens is 388 g/mol. The molecule has 1 aliphatic rings. The number of para-hydroxylation sites is 2. The van der Waals surface area contributed by atoms with E-state index in [4.69, 9.17) is 9.72 Å². The second-order valence-electron chi connectivity index (χ2n) is 7.46. The zero-order chi connectivity index (χ0) is 19.5. The number of aliphatic hydroxyl groups excluding tert-OH is 1. The van der Waals surface area contributed by atoms with E-state index < -0.39 is 6.10 Å². The van der Waals surface area contributed by atoms with E-state index in [0.29, 0.717) is 30.2 Å². The minimum Gasteiger partial charge on any atom is -0.491 e. The van der Waals surface area contributed by atoms with Crippen molar-refractivity contribution in [2.75, 3.05) is 6.61 Å². The Morgan fingerprint density at radius 3 is 2.59 bits per heavy atom. The predicted octanol–water partition coefficient (Wildman–Crippen LogP) is 4.76.